The Hall–Kier alpha value is -3.60. The Balaban J connectivity index is 1.66. The van der Waals surface area contributed by atoms with Crippen LogP contribution in [0.2, 0.25) is 0 Å². The van der Waals surface area contributed by atoms with E-state index in [0.717, 1.165) is 52.5 Å². The second-order valence-electron chi connectivity index (χ2n) is 9.03. The van der Waals surface area contributed by atoms with E-state index >= 15 is 0 Å². The van der Waals surface area contributed by atoms with Crippen LogP contribution >= 0.6 is 0 Å². The van der Waals surface area contributed by atoms with Crippen LogP contribution in [0, 0.1) is 27.7 Å². The molecule has 0 radical (unpaired) electrons. The van der Waals surface area contributed by atoms with E-state index in [9.17, 15) is 4.79 Å². The minimum Gasteiger partial charge on any atom is -0.372 e. The van der Waals surface area contributed by atoms with Gasteiger partial charge in [-0.25, -0.2) is 4.98 Å². The zero-order valence-corrected chi connectivity index (χ0v) is 21.1. The summed E-state index contributed by atoms with van der Waals surface area (Å²) in [5.74, 6) is -0.0499. The van der Waals surface area contributed by atoms with E-state index < -0.39 is 0 Å². The van der Waals surface area contributed by atoms with Gasteiger partial charge in [-0.15, -0.1) is 0 Å². The molecule has 1 amide bonds. The maximum Gasteiger partial charge on any atom is 0.230 e. The first-order valence-corrected chi connectivity index (χ1v) is 12.0. The second-order valence-corrected chi connectivity index (χ2v) is 9.03. The third-order valence-corrected chi connectivity index (χ3v) is 6.60. The van der Waals surface area contributed by atoms with Crippen LogP contribution in [0.15, 0.2) is 54.7 Å². The van der Waals surface area contributed by atoms with Gasteiger partial charge < -0.3 is 14.6 Å². The summed E-state index contributed by atoms with van der Waals surface area (Å²) in [6.45, 7) is 14.5. The first kappa shape index (κ1) is 23.6. The topological polar surface area (TPSA) is 49.6 Å². The molecule has 34 heavy (non-hydrogen) atoms. The van der Waals surface area contributed by atoms with E-state index in [1.165, 1.54) is 16.8 Å². The van der Waals surface area contributed by atoms with Gasteiger partial charge in [0.05, 0.1) is 17.8 Å². The molecule has 0 spiro atoms. The zero-order chi connectivity index (χ0) is 24.4. The number of pyridine rings is 1. The number of amides is 1. The first-order chi connectivity index (χ1) is 16.3. The van der Waals surface area contributed by atoms with Crippen molar-refractivity contribution in [3.8, 4) is 11.3 Å². The van der Waals surface area contributed by atoms with E-state index in [-0.39, 0.29) is 12.3 Å². The van der Waals surface area contributed by atoms with Crippen molar-refractivity contribution < 1.29 is 4.79 Å². The van der Waals surface area contributed by atoms with Crippen LogP contribution in [0.25, 0.3) is 16.9 Å². The largest absolute Gasteiger partial charge is 0.372 e. The van der Waals surface area contributed by atoms with Gasteiger partial charge in [-0.1, -0.05) is 12.1 Å². The lowest BCUT2D eigenvalue weighted by atomic mass is 10.0. The Morgan fingerprint density at radius 2 is 1.68 bits per heavy atom. The molecule has 2 aromatic carbocycles. The second kappa shape index (κ2) is 9.72. The van der Waals surface area contributed by atoms with Gasteiger partial charge >= 0.3 is 0 Å². The molecule has 0 saturated carbocycles. The Morgan fingerprint density at radius 1 is 0.912 bits per heavy atom. The third-order valence-electron chi connectivity index (χ3n) is 6.60. The molecule has 176 valence electrons. The van der Waals surface area contributed by atoms with Crippen molar-refractivity contribution in [3.05, 3.63) is 82.7 Å². The maximum absolute atomic E-state index is 13.2. The molecule has 0 bridgehead atoms. The minimum atomic E-state index is -0.0499. The lowest BCUT2D eigenvalue weighted by molar-refractivity contribution is -0.115. The molecule has 4 rings (SSSR count). The number of hydrogen-bond acceptors (Lipinski definition) is 3. The summed E-state index contributed by atoms with van der Waals surface area (Å²) in [5.41, 5.74) is 10.3. The third kappa shape index (κ3) is 4.69. The summed E-state index contributed by atoms with van der Waals surface area (Å²) in [6.07, 6.45) is 2.25. The SMILES string of the molecule is CCN(CC)c1ccc(NC(=O)Cc2c(-c3ccc(C)c(C)c3)nc3cc(C)ccn23)c(C)c1. The number of aromatic nitrogens is 2. The molecule has 2 aromatic heterocycles. The number of carbonyl (C=O) groups is 1. The number of imidazole rings is 1. The van der Waals surface area contributed by atoms with Crippen LogP contribution < -0.4 is 10.2 Å². The molecule has 0 aliphatic rings. The Kier molecular flexibility index (Phi) is 6.73. The van der Waals surface area contributed by atoms with Crippen LogP contribution in [0.4, 0.5) is 11.4 Å². The summed E-state index contributed by atoms with van der Waals surface area (Å²) in [4.78, 5) is 20.4. The number of nitrogens with one attached hydrogen (secondary N) is 1. The molecule has 1 N–H and O–H groups in total. The van der Waals surface area contributed by atoms with E-state index in [1.54, 1.807) is 0 Å². The van der Waals surface area contributed by atoms with Gasteiger partial charge in [-0.05, 0) is 100 Å². The van der Waals surface area contributed by atoms with Gasteiger partial charge in [0, 0.05) is 36.2 Å². The van der Waals surface area contributed by atoms with Crippen LogP contribution in [0.5, 0.6) is 0 Å². The van der Waals surface area contributed by atoms with Crippen molar-refractivity contribution >= 4 is 22.9 Å². The van der Waals surface area contributed by atoms with Crippen molar-refractivity contribution in [1.29, 1.82) is 0 Å². The highest BCUT2D eigenvalue weighted by Gasteiger charge is 2.18. The number of carbonyl (C=O) groups excluding carboxylic acids is 1. The quantitative estimate of drug-likeness (QED) is 0.358. The average Bonchev–Trinajstić information content (AvgIpc) is 3.15. The van der Waals surface area contributed by atoms with Crippen LogP contribution in [0.3, 0.4) is 0 Å². The number of aryl methyl sites for hydroxylation is 4. The van der Waals surface area contributed by atoms with E-state index in [1.807, 2.05) is 23.6 Å². The predicted octanol–water partition coefficient (Wildman–Crippen LogP) is 6.26. The van der Waals surface area contributed by atoms with E-state index in [4.69, 9.17) is 4.98 Å². The molecule has 5 heteroatoms. The number of nitrogens with zero attached hydrogens (tertiary/aromatic N) is 3. The predicted molar refractivity (Wildman–Crippen MR) is 142 cm³/mol. The maximum atomic E-state index is 13.2. The Bertz CT molecular complexity index is 1350. The summed E-state index contributed by atoms with van der Waals surface area (Å²) < 4.78 is 2.04. The van der Waals surface area contributed by atoms with E-state index in [0.29, 0.717) is 0 Å². The molecule has 5 nitrogen and oxygen atoms in total. The summed E-state index contributed by atoms with van der Waals surface area (Å²) in [5, 5.41) is 3.13. The van der Waals surface area contributed by atoms with Gasteiger partial charge in [-0.3, -0.25) is 4.79 Å². The lowest BCUT2D eigenvalue weighted by Crippen LogP contribution is -2.22. The highest BCUT2D eigenvalue weighted by atomic mass is 16.1. The first-order valence-electron chi connectivity index (χ1n) is 12.0. The molecule has 0 saturated heterocycles. The monoisotopic (exact) mass is 454 g/mol. The normalized spacial score (nSPS) is 11.1. The molecule has 0 unspecified atom stereocenters. The summed E-state index contributed by atoms with van der Waals surface area (Å²) >= 11 is 0. The molecular formula is C29H34N4O. The molecule has 2 heterocycles. The van der Waals surface area contributed by atoms with Crippen molar-refractivity contribution in [2.45, 2.75) is 48.0 Å². The molecule has 4 aromatic rings. The molecule has 0 atom stereocenters. The minimum absolute atomic E-state index is 0.0499. The smallest absolute Gasteiger partial charge is 0.230 e. The van der Waals surface area contributed by atoms with Gasteiger partial charge in [0.1, 0.15) is 5.65 Å². The van der Waals surface area contributed by atoms with Gasteiger partial charge in [0.15, 0.2) is 0 Å². The number of rotatable bonds is 7. The van der Waals surface area contributed by atoms with Crippen LogP contribution in [-0.2, 0) is 11.2 Å². The summed E-state index contributed by atoms with van der Waals surface area (Å²) in [7, 11) is 0. The van der Waals surface area contributed by atoms with Crippen molar-refractivity contribution in [2.24, 2.45) is 0 Å². The Morgan fingerprint density at radius 3 is 2.35 bits per heavy atom. The lowest BCUT2D eigenvalue weighted by Gasteiger charge is -2.22. The highest BCUT2D eigenvalue weighted by molar-refractivity contribution is 5.94. The number of hydrogen-bond donors (Lipinski definition) is 1. The molecule has 0 aliphatic carbocycles. The van der Waals surface area contributed by atoms with Gasteiger partial charge in [-0.2, -0.15) is 0 Å². The number of benzene rings is 2. The van der Waals surface area contributed by atoms with E-state index in [2.05, 4.69) is 87.3 Å². The number of anilines is 2. The summed E-state index contributed by atoms with van der Waals surface area (Å²) in [6, 6.07) is 16.7. The highest BCUT2D eigenvalue weighted by Crippen LogP contribution is 2.28. The van der Waals surface area contributed by atoms with Gasteiger partial charge in [0.25, 0.3) is 0 Å². The average molecular weight is 455 g/mol. The van der Waals surface area contributed by atoms with Crippen LogP contribution in [-0.4, -0.2) is 28.4 Å². The zero-order valence-electron chi connectivity index (χ0n) is 21.1. The molecule has 0 fully saturated rings. The molecule has 0 aliphatic heterocycles. The van der Waals surface area contributed by atoms with Crippen LogP contribution in [0.1, 0.15) is 41.8 Å². The van der Waals surface area contributed by atoms with Crippen molar-refractivity contribution in [1.82, 2.24) is 9.38 Å². The fourth-order valence-corrected chi connectivity index (χ4v) is 4.41. The molecular weight excluding hydrogens is 420 g/mol. The fourth-order valence-electron chi connectivity index (χ4n) is 4.41. The van der Waals surface area contributed by atoms with Gasteiger partial charge in [0.2, 0.25) is 5.91 Å². The standard InChI is InChI=1S/C29H34N4O/c1-7-32(8-2)24-11-12-25(22(6)17-24)30-28(34)18-26-29(23-10-9-20(4)21(5)16-23)31-27-15-19(3)13-14-33(26)27/h9-17H,7-8,18H2,1-6H3,(H,30,34). The van der Waals surface area contributed by atoms with Crippen molar-refractivity contribution in [3.63, 3.8) is 0 Å². The Labute approximate surface area is 202 Å². The van der Waals surface area contributed by atoms with Crippen molar-refractivity contribution in [2.75, 3.05) is 23.3 Å². The fraction of sp³-hybridized carbons (Fsp3) is 0.310. The number of fused-ring (bicyclic) bond motifs is 1.